The molecule has 9 heteroatoms. The van der Waals surface area contributed by atoms with Gasteiger partial charge in [0, 0.05) is 6.20 Å². The van der Waals surface area contributed by atoms with Gasteiger partial charge in [0.15, 0.2) is 5.15 Å². The van der Waals surface area contributed by atoms with Gasteiger partial charge in [-0.3, -0.25) is 4.79 Å². The molecule has 2 heterocycles. The minimum absolute atomic E-state index is 0.207. The molecule has 3 aromatic rings. The Morgan fingerprint density at radius 3 is 2.65 bits per heavy atom. The molecule has 0 aliphatic carbocycles. The number of pyridine rings is 1. The lowest BCUT2D eigenvalue weighted by Crippen LogP contribution is -2.23. The molecule has 26 heavy (non-hydrogen) atoms. The normalized spacial score (nSPS) is 12.0. The number of rotatable bonds is 5. The molecule has 1 amide bonds. The Kier molecular flexibility index (Phi) is 5.53. The van der Waals surface area contributed by atoms with Gasteiger partial charge >= 0.3 is 0 Å². The lowest BCUT2D eigenvalue weighted by molar-refractivity contribution is -0.115. The van der Waals surface area contributed by atoms with Crippen molar-refractivity contribution in [2.75, 3.05) is 5.32 Å². The van der Waals surface area contributed by atoms with Crippen LogP contribution in [0.4, 0.5) is 5.69 Å². The maximum Gasteiger partial charge on any atom is 0.237 e. The van der Waals surface area contributed by atoms with Crippen LogP contribution in [-0.2, 0) is 4.79 Å². The number of nitrogens with one attached hydrogen (secondary N) is 1. The monoisotopic (exact) mass is 388 g/mol. The Labute approximate surface area is 160 Å². The van der Waals surface area contributed by atoms with Gasteiger partial charge in [-0.25, -0.2) is 4.98 Å². The van der Waals surface area contributed by atoms with Crippen LogP contribution in [-0.4, -0.2) is 36.3 Å². The van der Waals surface area contributed by atoms with Crippen LogP contribution in [0.25, 0.3) is 5.69 Å². The van der Waals surface area contributed by atoms with E-state index in [9.17, 15) is 4.79 Å². The number of hydrogen-bond acceptors (Lipinski definition) is 6. The molecule has 2 aromatic heterocycles. The standard InChI is InChI=1S/C17H17ClN6OS/c1-10-6-4-7-11(2)14(10)24-17(21-22-23-24)26-12(3)16(25)20-13-8-5-9-19-15(13)18/h4-9,12H,1-3H3,(H,20,25)/t12-/m1/s1. The summed E-state index contributed by atoms with van der Waals surface area (Å²) in [5.41, 5.74) is 3.50. The number of halogens is 1. The number of anilines is 1. The Bertz CT molecular complexity index is 924. The van der Waals surface area contributed by atoms with Gasteiger partial charge in [0.25, 0.3) is 0 Å². The van der Waals surface area contributed by atoms with Crippen molar-refractivity contribution in [2.24, 2.45) is 0 Å². The van der Waals surface area contributed by atoms with Crippen LogP contribution in [0, 0.1) is 13.8 Å². The van der Waals surface area contributed by atoms with E-state index in [0.717, 1.165) is 16.8 Å². The van der Waals surface area contributed by atoms with Crippen molar-refractivity contribution < 1.29 is 4.79 Å². The van der Waals surface area contributed by atoms with Crippen LogP contribution in [0.1, 0.15) is 18.1 Å². The molecule has 1 aromatic carbocycles. The highest BCUT2D eigenvalue weighted by molar-refractivity contribution is 8.00. The van der Waals surface area contributed by atoms with E-state index in [1.165, 1.54) is 11.8 Å². The maximum absolute atomic E-state index is 12.5. The molecule has 7 nitrogen and oxygen atoms in total. The summed E-state index contributed by atoms with van der Waals surface area (Å²) < 4.78 is 1.66. The summed E-state index contributed by atoms with van der Waals surface area (Å²) in [6.07, 6.45) is 1.56. The number of benzene rings is 1. The zero-order valence-corrected chi connectivity index (χ0v) is 16.0. The molecule has 1 atom stereocenters. The SMILES string of the molecule is Cc1cccc(C)c1-n1nnnc1S[C@H](C)C(=O)Nc1cccnc1Cl. The third-order valence-electron chi connectivity index (χ3n) is 3.76. The third-order valence-corrected chi connectivity index (χ3v) is 5.09. The van der Waals surface area contributed by atoms with E-state index in [4.69, 9.17) is 11.6 Å². The van der Waals surface area contributed by atoms with Crippen LogP contribution < -0.4 is 5.32 Å². The number of hydrogen-bond donors (Lipinski definition) is 1. The first-order valence-corrected chi connectivity index (χ1v) is 9.16. The second-order valence-corrected chi connectivity index (χ2v) is 7.37. The molecule has 134 valence electrons. The van der Waals surface area contributed by atoms with Crippen molar-refractivity contribution in [3.8, 4) is 5.69 Å². The minimum Gasteiger partial charge on any atom is -0.322 e. The smallest absolute Gasteiger partial charge is 0.237 e. The molecule has 1 N–H and O–H groups in total. The number of carbonyl (C=O) groups excluding carboxylic acids is 1. The highest BCUT2D eigenvalue weighted by Crippen LogP contribution is 2.27. The summed E-state index contributed by atoms with van der Waals surface area (Å²) >= 11 is 7.26. The molecule has 0 spiro atoms. The Morgan fingerprint density at radius 1 is 1.23 bits per heavy atom. The predicted octanol–water partition coefficient (Wildman–Crippen LogP) is 3.45. The number of aromatic nitrogens is 5. The van der Waals surface area contributed by atoms with Gasteiger partial charge in [0.05, 0.1) is 16.6 Å². The lowest BCUT2D eigenvalue weighted by atomic mass is 10.1. The van der Waals surface area contributed by atoms with Crippen molar-refractivity contribution in [3.63, 3.8) is 0 Å². The Hall–Kier alpha value is -2.45. The van der Waals surface area contributed by atoms with Crippen LogP contribution in [0.15, 0.2) is 41.7 Å². The summed E-state index contributed by atoms with van der Waals surface area (Å²) in [5, 5.41) is 15.1. The fraction of sp³-hybridized carbons (Fsp3) is 0.235. The highest BCUT2D eigenvalue weighted by Gasteiger charge is 2.21. The van der Waals surface area contributed by atoms with E-state index >= 15 is 0 Å². The van der Waals surface area contributed by atoms with Crippen LogP contribution in [0.3, 0.4) is 0 Å². The van der Waals surface area contributed by atoms with E-state index < -0.39 is 5.25 Å². The topological polar surface area (TPSA) is 85.6 Å². The summed E-state index contributed by atoms with van der Waals surface area (Å²) in [7, 11) is 0. The van der Waals surface area contributed by atoms with Crippen molar-refractivity contribution in [1.82, 2.24) is 25.2 Å². The van der Waals surface area contributed by atoms with E-state index in [2.05, 4.69) is 25.8 Å². The lowest BCUT2D eigenvalue weighted by Gasteiger charge is -2.14. The number of aryl methyl sites for hydroxylation is 2. The fourth-order valence-corrected chi connectivity index (χ4v) is 3.42. The van der Waals surface area contributed by atoms with Crippen LogP contribution in [0.2, 0.25) is 5.15 Å². The minimum atomic E-state index is -0.430. The average Bonchev–Trinajstić information content (AvgIpc) is 3.04. The van der Waals surface area contributed by atoms with E-state index in [-0.39, 0.29) is 11.1 Å². The molecule has 0 saturated heterocycles. The fourth-order valence-electron chi connectivity index (χ4n) is 2.46. The number of nitrogens with zero attached hydrogens (tertiary/aromatic N) is 5. The highest BCUT2D eigenvalue weighted by atomic mass is 35.5. The Balaban J connectivity index is 1.79. The number of amides is 1. The van der Waals surface area contributed by atoms with Gasteiger partial charge in [0.2, 0.25) is 11.1 Å². The van der Waals surface area contributed by atoms with Gasteiger partial charge in [0.1, 0.15) is 0 Å². The van der Waals surface area contributed by atoms with Crippen molar-refractivity contribution in [3.05, 3.63) is 52.8 Å². The average molecular weight is 389 g/mol. The largest absolute Gasteiger partial charge is 0.322 e. The molecule has 0 aliphatic rings. The van der Waals surface area contributed by atoms with Crippen molar-refractivity contribution >= 4 is 35.0 Å². The number of para-hydroxylation sites is 1. The molecular formula is C17H17ClN6OS. The van der Waals surface area contributed by atoms with Gasteiger partial charge in [-0.2, -0.15) is 4.68 Å². The van der Waals surface area contributed by atoms with Crippen molar-refractivity contribution in [2.45, 2.75) is 31.2 Å². The second-order valence-electron chi connectivity index (χ2n) is 5.70. The second kappa shape index (κ2) is 7.84. The summed E-state index contributed by atoms with van der Waals surface area (Å²) in [4.78, 5) is 16.4. The van der Waals surface area contributed by atoms with Gasteiger partial charge in [-0.15, -0.1) is 5.10 Å². The van der Waals surface area contributed by atoms with E-state index in [0.29, 0.717) is 10.8 Å². The Morgan fingerprint density at radius 2 is 1.96 bits per heavy atom. The van der Waals surface area contributed by atoms with Gasteiger partial charge in [-0.1, -0.05) is 41.6 Å². The molecule has 0 aliphatic heterocycles. The first-order chi connectivity index (χ1) is 12.5. The van der Waals surface area contributed by atoms with Gasteiger partial charge in [-0.05, 0) is 54.5 Å². The van der Waals surface area contributed by atoms with Crippen molar-refractivity contribution in [1.29, 1.82) is 0 Å². The molecule has 0 bridgehead atoms. The summed E-state index contributed by atoms with van der Waals surface area (Å²) in [6.45, 7) is 5.78. The van der Waals surface area contributed by atoms with Gasteiger partial charge < -0.3 is 5.32 Å². The molecule has 0 saturated carbocycles. The quantitative estimate of drug-likeness (QED) is 0.532. The number of tetrazole rings is 1. The number of thioether (sulfide) groups is 1. The summed E-state index contributed by atoms with van der Waals surface area (Å²) in [6, 6.07) is 9.39. The molecule has 3 rings (SSSR count). The number of carbonyl (C=O) groups is 1. The zero-order valence-electron chi connectivity index (χ0n) is 14.5. The first-order valence-electron chi connectivity index (χ1n) is 7.90. The summed E-state index contributed by atoms with van der Waals surface area (Å²) in [5.74, 6) is -0.207. The maximum atomic E-state index is 12.5. The van der Waals surface area contributed by atoms with E-state index in [1.54, 1.807) is 29.9 Å². The molecule has 0 unspecified atom stereocenters. The van der Waals surface area contributed by atoms with Crippen LogP contribution >= 0.6 is 23.4 Å². The first kappa shape index (κ1) is 18.3. The molecule has 0 radical (unpaired) electrons. The molecular weight excluding hydrogens is 372 g/mol. The third kappa shape index (κ3) is 3.86. The predicted molar refractivity (Wildman–Crippen MR) is 102 cm³/mol. The van der Waals surface area contributed by atoms with Crippen LogP contribution in [0.5, 0.6) is 0 Å². The van der Waals surface area contributed by atoms with E-state index in [1.807, 2.05) is 32.0 Å². The molecule has 0 fully saturated rings. The zero-order chi connectivity index (χ0) is 18.7.